The van der Waals surface area contributed by atoms with Crippen LogP contribution in [-0.2, 0) is 10.8 Å². The highest BCUT2D eigenvalue weighted by Crippen LogP contribution is 2.53. The number of hydrogen-bond acceptors (Lipinski definition) is 1. The largest absolute Gasteiger partial charge is 0.309 e. The van der Waals surface area contributed by atoms with Crippen molar-refractivity contribution in [2.45, 2.75) is 52.4 Å². The van der Waals surface area contributed by atoms with Crippen LogP contribution >= 0.6 is 0 Å². The Bertz CT molecular complexity index is 6130. The molecular weight excluding hydrogens is 1040 g/mol. The van der Waals surface area contributed by atoms with E-state index in [1.165, 1.54) is 164 Å². The summed E-state index contributed by atoms with van der Waals surface area (Å²) in [7, 11) is 0. The van der Waals surface area contributed by atoms with Gasteiger partial charge in [0.25, 0.3) is 0 Å². The first kappa shape index (κ1) is 47.9. The predicted molar refractivity (Wildman–Crippen MR) is 366 cm³/mol. The van der Waals surface area contributed by atoms with E-state index in [0.29, 0.717) is 0 Å². The summed E-state index contributed by atoms with van der Waals surface area (Å²) in [6.45, 7) is 14.2. The minimum atomic E-state index is -0.136. The molecule has 0 radical (unpaired) electrons. The molecule has 0 aliphatic carbocycles. The molecule has 19 rings (SSSR count). The Morgan fingerprint density at radius 3 is 1.41 bits per heavy atom. The second-order valence-electron chi connectivity index (χ2n) is 26.3. The van der Waals surface area contributed by atoms with Gasteiger partial charge in [0.05, 0.1) is 55.8 Å². The number of benzene rings is 12. The normalized spacial score (nSPS) is 13.0. The summed E-state index contributed by atoms with van der Waals surface area (Å²) in [5.41, 5.74) is 21.3. The van der Waals surface area contributed by atoms with Gasteiger partial charge in [0.1, 0.15) is 5.65 Å². The van der Waals surface area contributed by atoms with E-state index in [9.17, 15) is 0 Å². The molecule has 0 atom stereocenters. The van der Waals surface area contributed by atoms with Crippen LogP contribution in [0.1, 0.15) is 52.7 Å². The van der Waals surface area contributed by atoms with Gasteiger partial charge in [-0.1, -0.05) is 175 Å². The first-order valence-electron chi connectivity index (χ1n) is 30.3. The first-order valence-corrected chi connectivity index (χ1v) is 30.3. The quantitative estimate of drug-likeness (QED) is 0.173. The molecule has 5 heteroatoms. The topological polar surface area (TPSA) is 31.6 Å². The van der Waals surface area contributed by atoms with Gasteiger partial charge in [0.15, 0.2) is 0 Å². The summed E-state index contributed by atoms with van der Waals surface area (Å²) in [4.78, 5) is 5.86. The molecule has 406 valence electrons. The Labute approximate surface area is 495 Å². The van der Waals surface area contributed by atoms with E-state index in [-0.39, 0.29) is 10.8 Å². The van der Waals surface area contributed by atoms with E-state index in [4.69, 9.17) is 4.98 Å². The lowest BCUT2D eigenvalue weighted by Crippen LogP contribution is -2.11. The monoisotopic (exact) mass is 1100 g/mol. The van der Waals surface area contributed by atoms with Crippen LogP contribution in [0, 0.1) is 0 Å². The number of nitrogens with zero attached hydrogens (tertiary/aromatic N) is 5. The maximum absolute atomic E-state index is 5.86. The molecule has 86 heavy (non-hydrogen) atoms. The summed E-state index contributed by atoms with van der Waals surface area (Å²) >= 11 is 0. The molecule has 19 aromatic rings. The summed E-state index contributed by atoms with van der Waals surface area (Å²) in [5, 5.41) is 19.9. The van der Waals surface area contributed by atoms with Crippen molar-refractivity contribution < 1.29 is 0 Å². The van der Waals surface area contributed by atoms with Gasteiger partial charge in [-0.05, 0) is 152 Å². The van der Waals surface area contributed by atoms with Crippen LogP contribution in [0.5, 0.6) is 0 Å². The number of rotatable bonds is 4. The van der Waals surface area contributed by atoms with Crippen molar-refractivity contribution in [2.75, 3.05) is 0 Å². The maximum atomic E-state index is 5.86. The Hall–Kier alpha value is -10.5. The van der Waals surface area contributed by atoms with Gasteiger partial charge in [-0.25, -0.2) is 4.98 Å². The average molecular weight is 1100 g/mol. The molecule has 5 nitrogen and oxygen atoms in total. The lowest BCUT2D eigenvalue weighted by molar-refractivity contribution is 0.591. The summed E-state index contributed by atoms with van der Waals surface area (Å²) < 4.78 is 10.0. The van der Waals surface area contributed by atoms with Crippen LogP contribution in [-0.4, -0.2) is 22.9 Å². The minimum absolute atomic E-state index is 0.117. The van der Waals surface area contributed by atoms with E-state index in [1.54, 1.807) is 0 Å². The molecular formula is C81H57N5. The SMILES string of the molecule is CC(C)(C)c1cc(-c2ccc3c(c2)c2ccccc2n3-c2ccccc2)c2c(c1)c1cc(C(C)(C)C)cc3c4c5c6cc7ccccc7c7c8cc9ccccc9c(-c9ccc%10c(c9)c9ccccc9n%10-c9ccccc9)c8n(c5ncc4n2c13)c67. The zero-order valence-electron chi connectivity index (χ0n) is 48.8. The first-order chi connectivity index (χ1) is 42.0. The van der Waals surface area contributed by atoms with Crippen molar-refractivity contribution in [3.8, 4) is 33.6 Å². The van der Waals surface area contributed by atoms with Crippen molar-refractivity contribution in [3.05, 3.63) is 248 Å². The van der Waals surface area contributed by atoms with E-state index < -0.39 is 0 Å². The molecule has 0 saturated heterocycles. The van der Waals surface area contributed by atoms with Gasteiger partial charge in [-0.15, -0.1) is 0 Å². The number of pyridine rings is 1. The zero-order chi connectivity index (χ0) is 57.2. The van der Waals surface area contributed by atoms with E-state index in [2.05, 4.69) is 296 Å². The smallest absolute Gasteiger partial charge is 0.146 e. The molecule has 0 fully saturated rings. The predicted octanol–water partition coefficient (Wildman–Crippen LogP) is 21.8. The standard InChI is InChI=1S/C81H57N5/c1-80(2,3)50-41-58(48-33-35-68-59(37-48)56-29-17-19-31-66(56)83(68)52-23-9-7-10-24-52)75-61(42-50)62-43-51(81(4,5)6)44-65-73-70(85(75)76(62)65)45-82-79-74(73)64-39-47-22-14-16-28-55(47)72-63-38-46-21-13-15-27-54(46)71(77(63)86(79)78(64)72)49-34-36-69-60(40-49)57-30-18-20-32-67(57)84(69)53-25-11-8-12-26-53/h7-45H,1-6H3. The number of aromatic nitrogens is 5. The molecule has 0 spiro atoms. The van der Waals surface area contributed by atoms with Gasteiger partial charge < -0.3 is 13.5 Å². The Morgan fingerprint density at radius 1 is 0.302 bits per heavy atom. The van der Waals surface area contributed by atoms with Crippen molar-refractivity contribution in [2.24, 2.45) is 0 Å². The summed E-state index contributed by atoms with van der Waals surface area (Å²) in [5.74, 6) is 0. The molecule has 0 aliphatic heterocycles. The fourth-order valence-corrected chi connectivity index (χ4v) is 15.5. The highest BCUT2D eigenvalue weighted by molar-refractivity contribution is 6.40. The minimum Gasteiger partial charge on any atom is -0.309 e. The molecule has 0 bridgehead atoms. The van der Waals surface area contributed by atoms with Crippen LogP contribution in [0.25, 0.3) is 175 Å². The molecule has 7 aromatic heterocycles. The van der Waals surface area contributed by atoms with Crippen LogP contribution in [0.15, 0.2) is 237 Å². The van der Waals surface area contributed by atoms with E-state index in [1.807, 2.05) is 0 Å². The molecule has 7 heterocycles. The third-order valence-electron chi connectivity index (χ3n) is 19.5. The second-order valence-corrected chi connectivity index (χ2v) is 26.3. The molecule has 0 aliphatic rings. The summed E-state index contributed by atoms with van der Waals surface area (Å²) in [6.07, 6.45) is 2.22. The highest BCUT2D eigenvalue weighted by Gasteiger charge is 2.32. The Morgan fingerprint density at radius 2 is 0.779 bits per heavy atom. The number of hydrogen-bond donors (Lipinski definition) is 0. The molecule has 12 aromatic carbocycles. The van der Waals surface area contributed by atoms with Crippen LogP contribution in [0.4, 0.5) is 0 Å². The van der Waals surface area contributed by atoms with Gasteiger partial charge in [-0.2, -0.15) is 0 Å². The van der Waals surface area contributed by atoms with Crippen molar-refractivity contribution in [1.29, 1.82) is 0 Å². The lowest BCUT2D eigenvalue weighted by atomic mass is 9.83. The van der Waals surface area contributed by atoms with Crippen LogP contribution < -0.4 is 0 Å². The second kappa shape index (κ2) is 16.6. The van der Waals surface area contributed by atoms with Crippen molar-refractivity contribution >= 4 is 141 Å². The number of para-hydroxylation sites is 4. The Kier molecular flexibility index (Phi) is 9.28. The Balaban J connectivity index is 0.968. The van der Waals surface area contributed by atoms with Crippen molar-refractivity contribution in [1.82, 2.24) is 22.9 Å². The van der Waals surface area contributed by atoms with Gasteiger partial charge >= 0.3 is 0 Å². The van der Waals surface area contributed by atoms with E-state index in [0.717, 1.165) is 22.5 Å². The maximum Gasteiger partial charge on any atom is 0.146 e. The molecule has 0 amide bonds. The van der Waals surface area contributed by atoms with Gasteiger partial charge in [0, 0.05) is 87.1 Å². The van der Waals surface area contributed by atoms with Crippen molar-refractivity contribution in [3.63, 3.8) is 0 Å². The van der Waals surface area contributed by atoms with Gasteiger partial charge in [0.2, 0.25) is 0 Å². The third-order valence-corrected chi connectivity index (χ3v) is 19.5. The zero-order valence-corrected chi connectivity index (χ0v) is 48.8. The highest BCUT2D eigenvalue weighted by atomic mass is 15.0. The van der Waals surface area contributed by atoms with Gasteiger partial charge in [-0.3, -0.25) is 4.40 Å². The van der Waals surface area contributed by atoms with Crippen LogP contribution in [0.2, 0.25) is 0 Å². The fraction of sp³-hybridized carbons (Fsp3) is 0.0988. The molecule has 0 N–H and O–H groups in total. The summed E-state index contributed by atoms with van der Waals surface area (Å²) in [6, 6.07) is 86.8. The average Bonchev–Trinajstić information content (AvgIpc) is 1.50. The third kappa shape index (κ3) is 6.26. The number of fused-ring (bicyclic) bond motifs is 22. The molecule has 0 unspecified atom stereocenters. The molecule has 0 saturated carbocycles. The fourth-order valence-electron chi connectivity index (χ4n) is 15.5. The van der Waals surface area contributed by atoms with E-state index >= 15 is 0 Å². The lowest BCUT2D eigenvalue weighted by Gasteiger charge is -2.22. The van der Waals surface area contributed by atoms with Crippen LogP contribution in [0.3, 0.4) is 0 Å².